The van der Waals surface area contributed by atoms with Crippen molar-refractivity contribution in [2.45, 2.75) is 5.75 Å². The molecular formula is C12H12FNO2S2. The van der Waals surface area contributed by atoms with E-state index in [0.29, 0.717) is 5.75 Å². The second-order valence-corrected chi connectivity index (χ2v) is 5.90. The van der Waals surface area contributed by atoms with Crippen LogP contribution in [0.2, 0.25) is 0 Å². The summed E-state index contributed by atoms with van der Waals surface area (Å²) in [6.45, 7) is 0.864. The van der Waals surface area contributed by atoms with E-state index in [-0.39, 0.29) is 5.56 Å². The zero-order valence-electron chi connectivity index (χ0n) is 9.81. The number of carbonyl (C=O) groups excluding carboxylic acids is 1. The number of halogens is 1. The molecule has 1 aliphatic heterocycles. The van der Waals surface area contributed by atoms with E-state index in [0.717, 1.165) is 22.2 Å². The highest BCUT2D eigenvalue weighted by Gasteiger charge is 2.13. The smallest absolute Gasteiger partial charge is 0.340 e. The van der Waals surface area contributed by atoms with Gasteiger partial charge in [-0.1, -0.05) is 29.6 Å². The molecule has 0 spiro atoms. The highest BCUT2D eigenvalue weighted by atomic mass is 32.2. The summed E-state index contributed by atoms with van der Waals surface area (Å²) in [5.74, 6) is 0.491. The second kappa shape index (κ2) is 6.24. The first kappa shape index (κ1) is 13.4. The Bertz CT molecular complexity index is 491. The Morgan fingerprint density at radius 1 is 1.61 bits per heavy atom. The lowest BCUT2D eigenvalue weighted by Gasteiger charge is -2.04. The van der Waals surface area contributed by atoms with Crippen LogP contribution in [0.5, 0.6) is 0 Å². The van der Waals surface area contributed by atoms with Crippen LogP contribution in [-0.2, 0) is 10.5 Å². The minimum atomic E-state index is -0.651. The Hall–Kier alpha value is -1.01. The molecule has 2 rings (SSSR count). The van der Waals surface area contributed by atoms with E-state index in [2.05, 4.69) is 9.73 Å². The number of carbonyl (C=O) groups is 1. The van der Waals surface area contributed by atoms with Gasteiger partial charge in [0.2, 0.25) is 0 Å². The summed E-state index contributed by atoms with van der Waals surface area (Å²) in [5.41, 5.74) is 0.805. The number of esters is 1. The van der Waals surface area contributed by atoms with E-state index in [1.165, 1.54) is 19.2 Å². The van der Waals surface area contributed by atoms with Crippen molar-refractivity contribution in [3.8, 4) is 0 Å². The van der Waals surface area contributed by atoms with Gasteiger partial charge >= 0.3 is 5.97 Å². The summed E-state index contributed by atoms with van der Waals surface area (Å²) in [4.78, 5) is 15.5. The van der Waals surface area contributed by atoms with E-state index >= 15 is 0 Å². The lowest BCUT2D eigenvalue weighted by molar-refractivity contribution is 0.0595. The quantitative estimate of drug-likeness (QED) is 0.800. The molecule has 0 saturated carbocycles. The third kappa shape index (κ3) is 3.26. The first-order valence-corrected chi connectivity index (χ1v) is 7.34. The Morgan fingerprint density at radius 3 is 3.06 bits per heavy atom. The SMILES string of the molecule is COC(=O)c1ccc(CSC2=NCCS2)cc1F. The topological polar surface area (TPSA) is 38.7 Å². The molecule has 0 N–H and O–H groups in total. The summed E-state index contributed by atoms with van der Waals surface area (Å²) >= 11 is 3.32. The van der Waals surface area contributed by atoms with E-state index in [9.17, 15) is 9.18 Å². The maximum atomic E-state index is 13.6. The Balaban J connectivity index is 2.02. The second-order valence-electron chi connectivity index (χ2n) is 3.59. The van der Waals surface area contributed by atoms with Crippen LogP contribution in [0.4, 0.5) is 4.39 Å². The highest BCUT2D eigenvalue weighted by molar-refractivity contribution is 8.38. The number of methoxy groups -OCH3 is 1. The van der Waals surface area contributed by atoms with Gasteiger partial charge in [0.15, 0.2) is 0 Å². The van der Waals surface area contributed by atoms with Gasteiger partial charge in [0.05, 0.1) is 19.2 Å². The van der Waals surface area contributed by atoms with Gasteiger partial charge < -0.3 is 4.74 Å². The largest absolute Gasteiger partial charge is 0.465 e. The molecule has 0 aromatic heterocycles. The fourth-order valence-electron chi connectivity index (χ4n) is 1.47. The van der Waals surface area contributed by atoms with Crippen LogP contribution < -0.4 is 0 Å². The molecule has 0 fully saturated rings. The van der Waals surface area contributed by atoms with Crippen molar-refractivity contribution < 1.29 is 13.9 Å². The maximum Gasteiger partial charge on any atom is 0.340 e. The van der Waals surface area contributed by atoms with Gasteiger partial charge in [-0.05, 0) is 17.7 Å². The molecule has 1 aromatic carbocycles. The van der Waals surface area contributed by atoms with Gasteiger partial charge in [-0.2, -0.15) is 0 Å². The molecule has 96 valence electrons. The van der Waals surface area contributed by atoms with Crippen molar-refractivity contribution in [2.75, 3.05) is 19.4 Å². The number of thioether (sulfide) groups is 2. The molecule has 0 aliphatic carbocycles. The molecule has 18 heavy (non-hydrogen) atoms. The number of aliphatic imine (C=N–C) groups is 1. The summed E-state index contributed by atoms with van der Waals surface area (Å²) in [6, 6.07) is 4.57. The van der Waals surface area contributed by atoms with Crippen LogP contribution in [0.1, 0.15) is 15.9 Å². The predicted molar refractivity (Wildman–Crippen MR) is 73.8 cm³/mol. The maximum absolute atomic E-state index is 13.6. The first-order chi connectivity index (χ1) is 8.70. The summed E-state index contributed by atoms with van der Waals surface area (Å²) < 4.78 is 19.2. The molecular weight excluding hydrogens is 273 g/mol. The molecule has 0 atom stereocenters. The molecule has 1 heterocycles. The van der Waals surface area contributed by atoms with Gasteiger partial charge in [0, 0.05) is 11.5 Å². The van der Waals surface area contributed by atoms with E-state index in [4.69, 9.17) is 0 Å². The zero-order chi connectivity index (χ0) is 13.0. The zero-order valence-corrected chi connectivity index (χ0v) is 11.4. The van der Waals surface area contributed by atoms with Crippen LogP contribution in [-0.4, -0.2) is 29.8 Å². The number of nitrogens with zero attached hydrogens (tertiary/aromatic N) is 1. The van der Waals surface area contributed by atoms with Crippen molar-refractivity contribution >= 4 is 33.9 Å². The molecule has 0 bridgehead atoms. The van der Waals surface area contributed by atoms with E-state index in [1.54, 1.807) is 29.6 Å². The lowest BCUT2D eigenvalue weighted by Crippen LogP contribution is -2.04. The van der Waals surface area contributed by atoms with Crippen LogP contribution in [0.3, 0.4) is 0 Å². The van der Waals surface area contributed by atoms with Crippen LogP contribution in [0, 0.1) is 5.82 Å². The van der Waals surface area contributed by atoms with Gasteiger partial charge in [-0.15, -0.1) is 0 Å². The lowest BCUT2D eigenvalue weighted by atomic mass is 10.1. The molecule has 1 aromatic rings. The van der Waals surface area contributed by atoms with Gasteiger partial charge in [0.1, 0.15) is 10.2 Å². The average molecular weight is 285 g/mol. The fourth-order valence-corrected chi connectivity index (χ4v) is 3.42. The van der Waals surface area contributed by atoms with Gasteiger partial charge in [-0.3, -0.25) is 4.99 Å². The third-order valence-electron chi connectivity index (χ3n) is 2.36. The number of rotatable bonds is 3. The molecule has 0 unspecified atom stereocenters. The third-order valence-corrected chi connectivity index (χ3v) is 4.68. The molecule has 0 amide bonds. The molecule has 1 aliphatic rings. The Kier molecular flexibility index (Phi) is 4.66. The van der Waals surface area contributed by atoms with E-state index in [1.807, 2.05) is 0 Å². The minimum Gasteiger partial charge on any atom is -0.465 e. The van der Waals surface area contributed by atoms with Crippen LogP contribution >= 0.6 is 23.5 Å². The van der Waals surface area contributed by atoms with Gasteiger partial charge in [0.25, 0.3) is 0 Å². The molecule has 6 heteroatoms. The normalized spacial score (nSPS) is 14.4. The van der Waals surface area contributed by atoms with Gasteiger partial charge in [-0.25, -0.2) is 9.18 Å². The monoisotopic (exact) mass is 285 g/mol. The van der Waals surface area contributed by atoms with Crippen LogP contribution in [0.25, 0.3) is 0 Å². The summed E-state index contributed by atoms with van der Waals surface area (Å²) in [5, 5.41) is 0. The predicted octanol–water partition coefficient (Wildman–Crippen LogP) is 2.95. The van der Waals surface area contributed by atoms with Crippen molar-refractivity contribution in [2.24, 2.45) is 4.99 Å². The van der Waals surface area contributed by atoms with Crippen LogP contribution in [0.15, 0.2) is 23.2 Å². The van der Waals surface area contributed by atoms with E-state index < -0.39 is 11.8 Å². The fraction of sp³-hybridized carbons (Fsp3) is 0.333. The number of benzene rings is 1. The standard InChI is InChI=1S/C12H12FNO2S2/c1-16-11(15)9-3-2-8(6-10(9)13)7-18-12-14-4-5-17-12/h2-3,6H,4-5,7H2,1H3. The number of hydrogen-bond donors (Lipinski definition) is 0. The van der Waals surface area contributed by atoms with Crippen molar-refractivity contribution in [1.82, 2.24) is 0 Å². The Labute approximate surface area is 113 Å². The Morgan fingerprint density at radius 2 is 2.44 bits per heavy atom. The molecule has 0 radical (unpaired) electrons. The van der Waals surface area contributed by atoms with Crippen molar-refractivity contribution in [3.63, 3.8) is 0 Å². The highest BCUT2D eigenvalue weighted by Crippen LogP contribution is 2.25. The number of ether oxygens (including phenoxy) is 1. The molecule has 3 nitrogen and oxygen atoms in total. The first-order valence-electron chi connectivity index (χ1n) is 5.37. The summed E-state index contributed by atoms with van der Waals surface area (Å²) in [6.07, 6.45) is 0. The minimum absolute atomic E-state index is 0.0289. The average Bonchev–Trinajstić information content (AvgIpc) is 2.88. The number of hydrogen-bond acceptors (Lipinski definition) is 5. The summed E-state index contributed by atoms with van der Waals surface area (Å²) in [7, 11) is 1.24. The molecule has 0 saturated heterocycles. The van der Waals surface area contributed by atoms with Crippen molar-refractivity contribution in [1.29, 1.82) is 0 Å². The van der Waals surface area contributed by atoms with Crippen molar-refractivity contribution in [3.05, 3.63) is 35.1 Å².